The fraction of sp³-hybridized carbons (Fsp3) is 0.545. The Balaban J connectivity index is 2.44. The highest BCUT2D eigenvalue weighted by atomic mass is 16.7. The zero-order chi connectivity index (χ0) is 21.2. The van der Waals surface area contributed by atoms with Crippen LogP contribution in [-0.2, 0) is 23.6 Å². The Morgan fingerprint density at radius 3 is 2.11 bits per heavy atom. The predicted molar refractivity (Wildman–Crippen MR) is 111 cm³/mol. The number of carbonyl (C=O) groups is 2. The number of carbonyl (C=O) groups excluding carboxylic acids is 2. The fourth-order valence-electron chi connectivity index (χ4n) is 3.04. The normalized spacial score (nSPS) is 20.5. The summed E-state index contributed by atoms with van der Waals surface area (Å²) in [6.07, 6.45) is 0.204. The van der Waals surface area contributed by atoms with Crippen LogP contribution in [0.2, 0.25) is 0 Å². The summed E-state index contributed by atoms with van der Waals surface area (Å²) >= 11 is 0. The van der Waals surface area contributed by atoms with Gasteiger partial charge >= 0.3 is 13.1 Å². The second-order valence-electron chi connectivity index (χ2n) is 8.47. The van der Waals surface area contributed by atoms with Gasteiger partial charge in [0.25, 0.3) is 0 Å². The summed E-state index contributed by atoms with van der Waals surface area (Å²) in [6, 6.07) is 9.66. The molecule has 1 fully saturated rings. The molecule has 1 heterocycles. The van der Waals surface area contributed by atoms with Crippen molar-refractivity contribution >= 4 is 24.4 Å². The molecule has 6 heteroatoms. The van der Waals surface area contributed by atoms with Crippen LogP contribution in [0.3, 0.4) is 0 Å². The third-order valence-corrected chi connectivity index (χ3v) is 5.80. The molecule has 1 atom stereocenters. The van der Waals surface area contributed by atoms with Gasteiger partial charge in [0.2, 0.25) is 0 Å². The van der Waals surface area contributed by atoms with E-state index in [-0.39, 0.29) is 18.8 Å². The Labute approximate surface area is 168 Å². The average molecular weight is 386 g/mol. The molecule has 152 valence electrons. The molecule has 0 aromatic heterocycles. The van der Waals surface area contributed by atoms with Gasteiger partial charge in [0.15, 0.2) is 0 Å². The number of Topliss-reactive ketones (excluding diaryl/α,β-unsaturated/α-hetero) is 1. The van der Waals surface area contributed by atoms with E-state index in [0.717, 1.165) is 11.1 Å². The molecule has 5 nitrogen and oxygen atoms in total. The van der Waals surface area contributed by atoms with Gasteiger partial charge in [-0.3, -0.25) is 9.59 Å². The Morgan fingerprint density at radius 2 is 1.64 bits per heavy atom. The Bertz CT molecular complexity index is 737. The van der Waals surface area contributed by atoms with Crippen molar-refractivity contribution in [2.75, 3.05) is 6.61 Å². The molecule has 0 aliphatic carbocycles. The summed E-state index contributed by atoms with van der Waals surface area (Å²) in [4.78, 5) is 25.0. The molecule has 0 bridgehead atoms. The van der Waals surface area contributed by atoms with E-state index < -0.39 is 29.7 Å². The van der Waals surface area contributed by atoms with E-state index in [9.17, 15) is 9.59 Å². The Kier molecular flexibility index (Phi) is 6.57. The monoisotopic (exact) mass is 386 g/mol. The predicted octanol–water partition coefficient (Wildman–Crippen LogP) is 4.25. The quantitative estimate of drug-likeness (QED) is 0.398. The fourth-order valence-corrected chi connectivity index (χ4v) is 3.04. The summed E-state index contributed by atoms with van der Waals surface area (Å²) in [6.45, 7) is 13.0. The SMILES string of the molecule is CCOC(=O)C(C)(C/C(=C\B1OC(C)(C)C(C)(C)O1)c1ccccc1)C(C)=O. The molecule has 28 heavy (non-hydrogen) atoms. The van der Waals surface area contributed by atoms with Gasteiger partial charge in [-0.05, 0) is 66.0 Å². The van der Waals surface area contributed by atoms with E-state index in [0.29, 0.717) is 0 Å². The van der Waals surface area contributed by atoms with Crippen LogP contribution in [0.4, 0.5) is 0 Å². The van der Waals surface area contributed by atoms with E-state index >= 15 is 0 Å². The molecular formula is C22H31BO5. The summed E-state index contributed by atoms with van der Waals surface area (Å²) in [5, 5.41) is 0. The van der Waals surface area contributed by atoms with Crippen LogP contribution < -0.4 is 0 Å². The van der Waals surface area contributed by atoms with E-state index in [1.807, 2.05) is 64.0 Å². The summed E-state index contributed by atoms with van der Waals surface area (Å²) < 4.78 is 17.4. The number of esters is 1. The van der Waals surface area contributed by atoms with Gasteiger partial charge in [-0.1, -0.05) is 36.3 Å². The highest BCUT2D eigenvalue weighted by Gasteiger charge is 2.50. The number of benzene rings is 1. The first-order valence-electron chi connectivity index (χ1n) is 9.73. The van der Waals surface area contributed by atoms with Crippen molar-refractivity contribution in [1.29, 1.82) is 0 Å². The molecular weight excluding hydrogens is 355 g/mol. The standard InChI is InChI=1S/C22H31BO5/c1-8-26-19(25)22(7,16(2)24)14-18(17-12-10-9-11-13-17)15-23-27-20(3,4)21(5,6)28-23/h9-13,15H,8,14H2,1-7H3/b18-15+. The van der Waals surface area contributed by atoms with Gasteiger partial charge in [-0.2, -0.15) is 0 Å². The molecule has 2 rings (SSSR count). The number of hydrogen-bond acceptors (Lipinski definition) is 5. The summed E-state index contributed by atoms with van der Waals surface area (Å²) in [5.74, 6) is 1.12. The van der Waals surface area contributed by atoms with Gasteiger partial charge in [0.05, 0.1) is 17.8 Å². The molecule has 0 spiro atoms. The molecule has 1 aromatic carbocycles. The maximum Gasteiger partial charge on any atom is 0.487 e. The van der Waals surface area contributed by atoms with E-state index in [1.54, 1.807) is 13.8 Å². The molecule has 0 radical (unpaired) electrons. The first-order valence-corrected chi connectivity index (χ1v) is 9.73. The second-order valence-corrected chi connectivity index (χ2v) is 8.47. The zero-order valence-electron chi connectivity index (χ0n) is 18.0. The van der Waals surface area contributed by atoms with Crippen LogP contribution in [0.5, 0.6) is 0 Å². The third-order valence-electron chi connectivity index (χ3n) is 5.80. The molecule has 0 saturated carbocycles. The maximum absolute atomic E-state index is 12.6. The van der Waals surface area contributed by atoms with Crippen LogP contribution in [0.15, 0.2) is 36.3 Å². The molecule has 0 amide bonds. The maximum atomic E-state index is 12.6. The lowest BCUT2D eigenvalue weighted by Gasteiger charge is -2.32. The molecule has 1 unspecified atom stereocenters. The lowest BCUT2D eigenvalue weighted by Crippen LogP contribution is -2.41. The Morgan fingerprint density at radius 1 is 1.11 bits per heavy atom. The van der Waals surface area contributed by atoms with Crippen molar-refractivity contribution < 1.29 is 23.6 Å². The van der Waals surface area contributed by atoms with Crippen molar-refractivity contribution in [2.45, 2.75) is 66.1 Å². The van der Waals surface area contributed by atoms with Crippen molar-refractivity contribution in [3.8, 4) is 0 Å². The first-order chi connectivity index (χ1) is 12.9. The van der Waals surface area contributed by atoms with Gasteiger partial charge in [0, 0.05) is 0 Å². The lowest BCUT2D eigenvalue weighted by atomic mass is 9.75. The third kappa shape index (κ3) is 4.55. The van der Waals surface area contributed by atoms with Crippen molar-refractivity contribution in [3.05, 3.63) is 41.9 Å². The minimum Gasteiger partial charge on any atom is -0.465 e. The highest BCUT2D eigenvalue weighted by Crippen LogP contribution is 2.39. The van der Waals surface area contributed by atoms with Crippen molar-refractivity contribution in [3.63, 3.8) is 0 Å². The van der Waals surface area contributed by atoms with Gasteiger partial charge in [-0.25, -0.2) is 0 Å². The Hall–Kier alpha value is -1.92. The topological polar surface area (TPSA) is 61.8 Å². The van der Waals surface area contributed by atoms with E-state index in [1.165, 1.54) is 6.92 Å². The smallest absolute Gasteiger partial charge is 0.465 e. The number of ether oxygens (including phenoxy) is 1. The molecule has 1 saturated heterocycles. The highest BCUT2D eigenvalue weighted by molar-refractivity contribution is 6.53. The van der Waals surface area contributed by atoms with Gasteiger partial charge in [0.1, 0.15) is 11.2 Å². The van der Waals surface area contributed by atoms with Crippen LogP contribution in [0, 0.1) is 5.41 Å². The molecule has 0 N–H and O–H groups in total. The second kappa shape index (κ2) is 8.22. The molecule has 1 aliphatic rings. The van der Waals surface area contributed by atoms with Crippen molar-refractivity contribution in [2.24, 2.45) is 5.41 Å². The molecule has 1 aromatic rings. The van der Waals surface area contributed by atoms with E-state index in [4.69, 9.17) is 14.0 Å². The molecule has 1 aliphatic heterocycles. The number of rotatable bonds is 7. The number of allylic oxidation sites excluding steroid dienone is 1. The number of ketones is 1. The number of hydrogen-bond donors (Lipinski definition) is 0. The first kappa shape index (κ1) is 22.4. The summed E-state index contributed by atoms with van der Waals surface area (Å²) in [7, 11) is -0.571. The van der Waals surface area contributed by atoms with E-state index in [2.05, 4.69) is 0 Å². The lowest BCUT2D eigenvalue weighted by molar-refractivity contribution is -0.158. The van der Waals surface area contributed by atoms with Gasteiger partial charge in [-0.15, -0.1) is 0 Å². The largest absolute Gasteiger partial charge is 0.487 e. The van der Waals surface area contributed by atoms with Gasteiger partial charge < -0.3 is 14.0 Å². The van der Waals surface area contributed by atoms with Crippen LogP contribution in [-0.4, -0.2) is 36.7 Å². The van der Waals surface area contributed by atoms with Crippen LogP contribution in [0.25, 0.3) is 5.57 Å². The van der Waals surface area contributed by atoms with Crippen LogP contribution in [0.1, 0.15) is 60.5 Å². The summed E-state index contributed by atoms with van der Waals surface area (Å²) in [5.41, 5.74) is -0.498. The van der Waals surface area contributed by atoms with Crippen LogP contribution >= 0.6 is 0 Å². The minimum atomic E-state index is -1.28. The van der Waals surface area contributed by atoms with Crippen molar-refractivity contribution in [1.82, 2.24) is 0 Å². The minimum absolute atomic E-state index is 0.204. The average Bonchev–Trinajstić information content (AvgIpc) is 2.81. The zero-order valence-corrected chi connectivity index (χ0v) is 18.0.